The smallest absolute Gasteiger partial charge is 0.0654 e. The normalized spacial score (nSPS) is 21.8. The molecule has 0 spiro atoms. The fourth-order valence-corrected chi connectivity index (χ4v) is 2.42. The number of halogens is 2. The van der Waals surface area contributed by atoms with Gasteiger partial charge in [0.2, 0.25) is 0 Å². The van der Waals surface area contributed by atoms with Crippen LogP contribution in [0.2, 0.25) is 10.0 Å². The van der Waals surface area contributed by atoms with E-state index in [2.05, 4.69) is 17.1 Å². The summed E-state index contributed by atoms with van der Waals surface area (Å²) in [7, 11) is 0. The second-order valence-corrected chi connectivity index (χ2v) is 4.74. The van der Waals surface area contributed by atoms with Gasteiger partial charge in [0.25, 0.3) is 0 Å². The van der Waals surface area contributed by atoms with Crippen LogP contribution in [0.1, 0.15) is 6.92 Å². The van der Waals surface area contributed by atoms with Gasteiger partial charge in [-0.05, 0) is 25.1 Å². The summed E-state index contributed by atoms with van der Waals surface area (Å²) in [6, 6.07) is 6.18. The molecular formula is C11H14Cl2N2. The number of rotatable bonds is 1. The largest absolute Gasteiger partial charge is 0.368 e. The minimum Gasteiger partial charge on any atom is -0.368 e. The Morgan fingerprint density at radius 2 is 2.20 bits per heavy atom. The fourth-order valence-electron chi connectivity index (χ4n) is 1.89. The lowest BCUT2D eigenvalue weighted by atomic mass is 10.2. The zero-order valence-corrected chi connectivity index (χ0v) is 10.1. The maximum Gasteiger partial charge on any atom is 0.0654 e. The van der Waals surface area contributed by atoms with Crippen LogP contribution in [-0.4, -0.2) is 25.7 Å². The second kappa shape index (κ2) is 4.60. The minimum absolute atomic E-state index is 0.505. The van der Waals surface area contributed by atoms with E-state index >= 15 is 0 Å². The molecule has 2 rings (SSSR count). The Balaban J connectivity index is 2.21. The summed E-state index contributed by atoms with van der Waals surface area (Å²) in [5.41, 5.74) is 1.08. The lowest BCUT2D eigenvalue weighted by Crippen LogP contribution is -2.49. The van der Waals surface area contributed by atoms with Gasteiger partial charge in [0, 0.05) is 30.7 Å². The van der Waals surface area contributed by atoms with Crippen molar-refractivity contribution in [1.82, 2.24) is 5.32 Å². The van der Waals surface area contributed by atoms with E-state index in [9.17, 15) is 0 Å². The van der Waals surface area contributed by atoms with Gasteiger partial charge < -0.3 is 10.2 Å². The van der Waals surface area contributed by atoms with Crippen molar-refractivity contribution in [3.63, 3.8) is 0 Å². The molecule has 1 saturated heterocycles. The summed E-state index contributed by atoms with van der Waals surface area (Å²) in [6.45, 7) is 5.16. The highest BCUT2D eigenvalue weighted by molar-refractivity contribution is 6.36. The predicted molar refractivity (Wildman–Crippen MR) is 66.1 cm³/mol. The molecule has 15 heavy (non-hydrogen) atoms. The molecule has 1 aliphatic heterocycles. The van der Waals surface area contributed by atoms with Crippen molar-refractivity contribution in [2.24, 2.45) is 0 Å². The summed E-state index contributed by atoms with van der Waals surface area (Å²) in [4.78, 5) is 2.29. The van der Waals surface area contributed by atoms with Crippen LogP contribution < -0.4 is 10.2 Å². The summed E-state index contributed by atoms with van der Waals surface area (Å²) in [5.74, 6) is 0. The van der Waals surface area contributed by atoms with E-state index in [-0.39, 0.29) is 0 Å². The van der Waals surface area contributed by atoms with Gasteiger partial charge in [-0.1, -0.05) is 23.2 Å². The van der Waals surface area contributed by atoms with Gasteiger partial charge >= 0.3 is 0 Å². The fraction of sp³-hybridized carbons (Fsp3) is 0.455. The first kappa shape index (κ1) is 11.1. The highest BCUT2D eigenvalue weighted by atomic mass is 35.5. The molecule has 1 aliphatic rings. The van der Waals surface area contributed by atoms with Crippen LogP contribution in [0.15, 0.2) is 18.2 Å². The number of hydrogen-bond donors (Lipinski definition) is 1. The monoisotopic (exact) mass is 244 g/mol. The van der Waals surface area contributed by atoms with Gasteiger partial charge in [0.05, 0.1) is 10.7 Å². The Hall–Kier alpha value is -0.440. The van der Waals surface area contributed by atoms with Gasteiger partial charge in [-0.3, -0.25) is 0 Å². The maximum atomic E-state index is 6.16. The van der Waals surface area contributed by atoms with Crippen molar-refractivity contribution in [1.29, 1.82) is 0 Å². The van der Waals surface area contributed by atoms with E-state index in [1.165, 1.54) is 0 Å². The van der Waals surface area contributed by atoms with Crippen molar-refractivity contribution in [3.8, 4) is 0 Å². The highest BCUT2D eigenvalue weighted by Crippen LogP contribution is 2.29. The first-order valence-electron chi connectivity index (χ1n) is 5.10. The van der Waals surface area contributed by atoms with E-state index in [0.29, 0.717) is 11.1 Å². The average Bonchev–Trinajstić information content (AvgIpc) is 2.17. The molecule has 4 heteroatoms. The second-order valence-electron chi connectivity index (χ2n) is 3.90. The van der Waals surface area contributed by atoms with Crippen LogP contribution in [-0.2, 0) is 0 Å². The van der Waals surface area contributed by atoms with Crippen molar-refractivity contribution < 1.29 is 0 Å². The topological polar surface area (TPSA) is 15.3 Å². The molecule has 0 saturated carbocycles. The zero-order chi connectivity index (χ0) is 10.8. The molecule has 2 nitrogen and oxygen atoms in total. The molecule has 0 radical (unpaired) electrons. The Morgan fingerprint density at radius 1 is 1.40 bits per heavy atom. The number of nitrogens with one attached hydrogen (secondary N) is 1. The molecule has 1 atom stereocenters. The van der Waals surface area contributed by atoms with Crippen molar-refractivity contribution in [3.05, 3.63) is 28.2 Å². The Morgan fingerprint density at radius 3 is 2.87 bits per heavy atom. The molecule has 0 bridgehead atoms. The summed E-state index contributed by atoms with van der Waals surface area (Å²) >= 11 is 12.0. The Labute approximate surface area is 100 Å². The average molecular weight is 245 g/mol. The molecule has 1 aromatic rings. The van der Waals surface area contributed by atoms with E-state index in [1.807, 2.05) is 12.1 Å². The third-order valence-corrected chi connectivity index (χ3v) is 3.16. The lowest BCUT2D eigenvalue weighted by molar-refractivity contribution is 0.485. The van der Waals surface area contributed by atoms with Gasteiger partial charge in [0.15, 0.2) is 0 Å². The molecule has 0 aromatic heterocycles. The standard InChI is InChI=1S/C11H14Cl2N2/c1-8-7-15(5-4-14-8)11-3-2-9(12)6-10(11)13/h2-3,6,8,14H,4-5,7H2,1H3. The molecular weight excluding hydrogens is 231 g/mol. The van der Waals surface area contributed by atoms with E-state index in [0.717, 1.165) is 30.3 Å². The number of benzene rings is 1. The molecule has 0 aliphatic carbocycles. The summed E-state index contributed by atoms with van der Waals surface area (Å²) in [6.07, 6.45) is 0. The molecule has 1 unspecified atom stereocenters. The zero-order valence-electron chi connectivity index (χ0n) is 8.63. The van der Waals surface area contributed by atoms with Gasteiger partial charge in [-0.2, -0.15) is 0 Å². The lowest BCUT2D eigenvalue weighted by Gasteiger charge is -2.34. The van der Waals surface area contributed by atoms with E-state index < -0.39 is 0 Å². The summed E-state index contributed by atoms with van der Waals surface area (Å²) < 4.78 is 0. The van der Waals surface area contributed by atoms with E-state index in [1.54, 1.807) is 6.07 Å². The van der Waals surface area contributed by atoms with Crippen molar-refractivity contribution in [2.75, 3.05) is 24.5 Å². The van der Waals surface area contributed by atoms with Crippen molar-refractivity contribution >= 4 is 28.9 Å². The van der Waals surface area contributed by atoms with Crippen LogP contribution >= 0.6 is 23.2 Å². The minimum atomic E-state index is 0.505. The van der Waals surface area contributed by atoms with Crippen molar-refractivity contribution in [2.45, 2.75) is 13.0 Å². The number of piperazine rings is 1. The maximum absolute atomic E-state index is 6.16. The van der Waals surface area contributed by atoms with Crippen LogP contribution in [0.4, 0.5) is 5.69 Å². The molecule has 1 N–H and O–H groups in total. The Kier molecular flexibility index (Phi) is 3.39. The predicted octanol–water partition coefficient (Wildman–Crippen LogP) is 2.79. The summed E-state index contributed by atoms with van der Waals surface area (Å²) in [5, 5.41) is 4.82. The van der Waals surface area contributed by atoms with Gasteiger partial charge in [-0.15, -0.1) is 0 Å². The number of hydrogen-bond acceptors (Lipinski definition) is 2. The van der Waals surface area contributed by atoms with Crippen LogP contribution in [0, 0.1) is 0 Å². The SMILES string of the molecule is CC1CN(c2ccc(Cl)cc2Cl)CCN1. The molecule has 1 aromatic carbocycles. The molecule has 1 heterocycles. The molecule has 82 valence electrons. The van der Waals surface area contributed by atoms with Crippen LogP contribution in [0.3, 0.4) is 0 Å². The first-order chi connectivity index (χ1) is 7.16. The van der Waals surface area contributed by atoms with Gasteiger partial charge in [0.1, 0.15) is 0 Å². The van der Waals surface area contributed by atoms with Gasteiger partial charge in [-0.25, -0.2) is 0 Å². The third kappa shape index (κ3) is 2.57. The quantitative estimate of drug-likeness (QED) is 0.818. The highest BCUT2D eigenvalue weighted by Gasteiger charge is 2.17. The van der Waals surface area contributed by atoms with Crippen LogP contribution in [0.25, 0.3) is 0 Å². The van der Waals surface area contributed by atoms with E-state index in [4.69, 9.17) is 23.2 Å². The van der Waals surface area contributed by atoms with Crippen LogP contribution in [0.5, 0.6) is 0 Å². The number of anilines is 1. The molecule has 1 fully saturated rings. The number of nitrogens with zero attached hydrogens (tertiary/aromatic N) is 1. The molecule has 0 amide bonds. The Bertz CT molecular complexity index is 354. The first-order valence-corrected chi connectivity index (χ1v) is 5.86. The third-order valence-electron chi connectivity index (χ3n) is 2.62.